The van der Waals surface area contributed by atoms with Crippen LogP contribution in [0.15, 0.2) is 22.7 Å². The molecule has 2 aromatic rings. The molecule has 1 aromatic carbocycles. The fourth-order valence-corrected chi connectivity index (χ4v) is 4.04. The molecule has 1 atom stereocenters. The van der Waals surface area contributed by atoms with Gasteiger partial charge in [0.25, 0.3) is 0 Å². The Morgan fingerprint density at radius 1 is 1.33 bits per heavy atom. The summed E-state index contributed by atoms with van der Waals surface area (Å²) in [7, 11) is 0. The molecule has 21 heavy (non-hydrogen) atoms. The maximum absolute atomic E-state index is 14.1. The van der Waals surface area contributed by atoms with E-state index < -0.39 is 11.6 Å². The van der Waals surface area contributed by atoms with Crippen molar-refractivity contribution >= 4 is 50.5 Å². The number of likely N-dealkylation sites (N-methyl/N-ethyl adjacent to an activating group) is 1. The molecule has 2 rings (SSSR count). The van der Waals surface area contributed by atoms with Crippen molar-refractivity contribution in [2.75, 3.05) is 6.54 Å². The minimum absolute atomic E-state index is 0.0220. The second-order valence-corrected chi connectivity index (χ2v) is 7.56. The van der Waals surface area contributed by atoms with Gasteiger partial charge in [-0.25, -0.2) is 8.78 Å². The average Bonchev–Trinajstić information content (AvgIpc) is 2.77. The Morgan fingerprint density at radius 3 is 2.62 bits per heavy atom. The van der Waals surface area contributed by atoms with Crippen LogP contribution in [0.3, 0.4) is 0 Å². The van der Waals surface area contributed by atoms with Crippen LogP contribution in [0.2, 0.25) is 8.67 Å². The third-order valence-electron chi connectivity index (χ3n) is 3.06. The highest BCUT2D eigenvalue weighted by molar-refractivity contribution is 9.10. The van der Waals surface area contributed by atoms with Crippen LogP contribution in [0.1, 0.15) is 24.1 Å². The van der Waals surface area contributed by atoms with E-state index in [1.807, 2.05) is 6.92 Å². The fourth-order valence-electron chi connectivity index (χ4n) is 2.09. The predicted octanol–water partition coefficient (Wildman–Crippen LogP) is 5.99. The number of rotatable bonds is 5. The summed E-state index contributed by atoms with van der Waals surface area (Å²) in [6.45, 7) is 2.56. The zero-order valence-electron chi connectivity index (χ0n) is 11.0. The topological polar surface area (TPSA) is 12.0 Å². The maximum atomic E-state index is 14.1. The highest BCUT2D eigenvalue weighted by Crippen LogP contribution is 2.37. The lowest BCUT2D eigenvalue weighted by atomic mass is 10.00. The first-order valence-corrected chi connectivity index (χ1v) is 8.61. The summed E-state index contributed by atoms with van der Waals surface area (Å²) in [6, 6.07) is 4.03. The second kappa shape index (κ2) is 7.38. The van der Waals surface area contributed by atoms with Crippen molar-refractivity contribution in [3.63, 3.8) is 0 Å². The maximum Gasteiger partial charge on any atom is 0.143 e. The van der Waals surface area contributed by atoms with Crippen LogP contribution in [0.4, 0.5) is 8.78 Å². The Kier molecular flexibility index (Phi) is 6.03. The molecule has 7 heteroatoms. The minimum Gasteiger partial charge on any atom is -0.310 e. The van der Waals surface area contributed by atoms with Gasteiger partial charge in [0.1, 0.15) is 11.6 Å². The van der Waals surface area contributed by atoms with Crippen molar-refractivity contribution in [2.24, 2.45) is 0 Å². The van der Waals surface area contributed by atoms with Crippen LogP contribution in [-0.2, 0) is 6.42 Å². The number of benzene rings is 1. The largest absolute Gasteiger partial charge is 0.310 e. The monoisotopic (exact) mass is 413 g/mol. The van der Waals surface area contributed by atoms with Crippen molar-refractivity contribution in [3.8, 4) is 0 Å². The first-order chi connectivity index (χ1) is 9.93. The molecular formula is C14H12BrCl2F2NS. The van der Waals surface area contributed by atoms with E-state index >= 15 is 0 Å². The van der Waals surface area contributed by atoms with E-state index in [1.54, 1.807) is 6.07 Å². The highest BCUT2D eigenvalue weighted by Gasteiger charge is 2.22. The quantitative estimate of drug-likeness (QED) is 0.592. The van der Waals surface area contributed by atoms with Gasteiger partial charge in [0.2, 0.25) is 0 Å². The van der Waals surface area contributed by atoms with Crippen LogP contribution in [0.25, 0.3) is 0 Å². The van der Waals surface area contributed by atoms with Gasteiger partial charge in [-0.1, -0.05) is 30.1 Å². The van der Waals surface area contributed by atoms with Gasteiger partial charge < -0.3 is 5.32 Å². The van der Waals surface area contributed by atoms with Gasteiger partial charge in [0, 0.05) is 17.2 Å². The molecule has 1 heterocycles. The Bertz CT molecular complexity index is 648. The van der Waals surface area contributed by atoms with E-state index in [9.17, 15) is 8.78 Å². The first kappa shape index (κ1) is 17.2. The molecule has 0 bridgehead atoms. The molecule has 114 valence electrons. The molecule has 0 saturated carbocycles. The molecule has 0 spiro atoms. The molecule has 0 aliphatic carbocycles. The summed E-state index contributed by atoms with van der Waals surface area (Å²) in [4.78, 5) is 0. The lowest BCUT2D eigenvalue weighted by Gasteiger charge is -2.18. The standard InChI is InChI=1S/C14H12BrCl2F2NS/c1-2-20-11(8-6-12(16)21-14(8)17)5-7-10(18)4-3-9(15)13(7)19/h3-4,6,11,20H,2,5H2,1H3. The van der Waals surface area contributed by atoms with Crippen molar-refractivity contribution in [2.45, 2.75) is 19.4 Å². The first-order valence-electron chi connectivity index (χ1n) is 6.24. The summed E-state index contributed by atoms with van der Waals surface area (Å²) in [5, 5.41) is 3.19. The molecular weight excluding hydrogens is 403 g/mol. The normalized spacial score (nSPS) is 12.7. The minimum atomic E-state index is -0.588. The summed E-state index contributed by atoms with van der Waals surface area (Å²) in [5.74, 6) is -1.16. The Balaban J connectivity index is 2.37. The van der Waals surface area contributed by atoms with E-state index in [0.29, 0.717) is 15.2 Å². The van der Waals surface area contributed by atoms with Crippen LogP contribution >= 0.6 is 50.5 Å². The molecule has 0 radical (unpaired) electrons. The smallest absolute Gasteiger partial charge is 0.143 e. The molecule has 1 nitrogen and oxygen atoms in total. The number of hydrogen-bond acceptors (Lipinski definition) is 2. The van der Waals surface area contributed by atoms with Gasteiger partial charge in [0.05, 0.1) is 13.1 Å². The van der Waals surface area contributed by atoms with Crippen molar-refractivity contribution in [1.82, 2.24) is 5.32 Å². The van der Waals surface area contributed by atoms with Gasteiger partial charge in [0.15, 0.2) is 0 Å². The number of nitrogens with one attached hydrogen (secondary N) is 1. The van der Waals surface area contributed by atoms with E-state index in [1.165, 1.54) is 23.5 Å². The zero-order chi connectivity index (χ0) is 15.6. The molecule has 0 amide bonds. The van der Waals surface area contributed by atoms with Crippen molar-refractivity contribution in [3.05, 3.63) is 54.1 Å². The molecule has 1 aromatic heterocycles. The van der Waals surface area contributed by atoms with Gasteiger partial charge in [-0.2, -0.15) is 0 Å². The third-order valence-corrected chi connectivity index (χ3v) is 5.19. The zero-order valence-corrected chi connectivity index (χ0v) is 14.9. The SMILES string of the molecule is CCNC(Cc1c(F)ccc(Br)c1F)c1cc(Cl)sc1Cl. The lowest BCUT2D eigenvalue weighted by Crippen LogP contribution is -2.23. The number of halogens is 5. The Labute approximate surface area is 144 Å². The molecule has 0 aliphatic heterocycles. The second-order valence-electron chi connectivity index (χ2n) is 4.42. The summed E-state index contributed by atoms with van der Waals surface area (Å²) in [5.41, 5.74) is 0.779. The lowest BCUT2D eigenvalue weighted by molar-refractivity contribution is 0.498. The molecule has 0 fully saturated rings. The van der Waals surface area contributed by atoms with Gasteiger partial charge in [-0.3, -0.25) is 0 Å². The summed E-state index contributed by atoms with van der Waals surface area (Å²) in [6.07, 6.45) is 0.151. The summed E-state index contributed by atoms with van der Waals surface area (Å²) < 4.78 is 29.3. The van der Waals surface area contributed by atoms with Crippen LogP contribution in [-0.4, -0.2) is 6.54 Å². The van der Waals surface area contributed by atoms with E-state index in [0.717, 1.165) is 5.56 Å². The molecule has 0 aliphatic rings. The van der Waals surface area contributed by atoms with E-state index in [-0.39, 0.29) is 22.5 Å². The van der Waals surface area contributed by atoms with Crippen LogP contribution < -0.4 is 5.32 Å². The third kappa shape index (κ3) is 3.96. The molecule has 1 unspecified atom stereocenters. The Hall–Kier alpha value is -0.200. The highest BCUT2D eigenvalue weighted by atomic mass is 79.9. The fraction of sp³-hybridized carbons (Fsp3) is 0.286. The van der Waals surface area contributed by atoms with Gasteiger partial charge >= 0.3 is 0 Å². The number of thiophene rings is 1. The van der Waals surface area contributed by atoms with Crippen molar-refractivity contribution in [1.29, 1.82) is 0 Å². The average molecular weight is 415 g/mol. The predicted molar refractivity (Wildman–Crippen MR) is 88.5 cm³/mol. The summed E-state index contributed by atoms with van der Waals surface area (Å²) >= 11 is 16.4. The van der Waals surface area contributed by atoms with E-state index in [2.05, 4.69) is 21.2 Å². The van der Waals surface area contributed by atoms with Gasteiger partial charge in [-0.05, 0) is 47.1 Å². The van der Waals surface area contributed by atoms with Crippen LogP contribution in [0.5, 0.6) is 0 Å². The van der Waals surface area contributed by atoms with Crippen molar-refractivity contribution < 1.29 is 8.78 Å². The number of hydrogen-bond donors (Lipinski definition) is 1. The van der Waals surface area contributed by atoms with Gasteiger partial charge in [-0.15, -0.1) is 11.3 Å². The molecule has 0 saturated heterocycles. The molecule has 1 N–H and O–H groups in total. The Morgan fingerprint density at radius 2 is 2.05 bits per heavy atom. The van der Waals surface area contributed by atoms with Crippen LogP contribution in [0, 0.1) is 11.6 Å². The van der Waals surface area contributed by atoms with E-state index in [4.69, 9.17) is 23.2 Å².